The van der Waals surface area contributed by atoms with Gasteiger partial charge in [0.05, 0.1) is 0 Å². The molecular formula is C8H15BrN6O2S. The Balaban J connectivity index is 2.13. The van der Waals surface area contributed by atoms with Crippen LogP contribution in [0.4, 0.5) is 0 Å². The van der Waals surface area contributed by atoms with Crippen molar-refractivity contribution < 1.29 is 8.42 Å². The molecule has 8 nitrogen and oxygen atoms in total. The highest BCUT2D eigenvalue weighted by atomic mass is 79.9. The van der Waals surface area contributed by atoms with Crippen LogP contribution in [-0.4, -0.2) is 66.5 Å². The number of halogens is 1. The van der Waals surface area contributed by atoms with Crippen LogP contribution in [0.5, 0.6) is 0 Å². The number of nitrogens with one attached hydrogen (secondary N) is 1. The van der Waals surface area contributed by atoms with E-state index in [1.165, 1.54) is 11.7 Å². The topological polar surface area (TPSA) is 83.4 Å². The molecule has 1 aromatic heterocycles. The van der Waals surface area contributed by atoms with Crippen LogP contribution in [0.25, 0.3) is 0 Å². The Kier molecular flexibility index (Phi) is 4.02. The van der Waals surface area contributed by atoms with Crippen LogP contribution in [0.15, 0.2) is 9.63 Å². The smallest absolute Gasteiger partial charge is 0.273 e. The summed E-state index contributed by atoms with van der Waals surface area (Å²) in [6.45, 7) is 2.96. The van der Waals surface area contributed by atoms with Gasteiger partial charge in [0.1, 0.15) is 0 Å². The lowest BCUT2D eigenvalue weighted by atomic mass is 10.4. The molecule has 0 saturated carbocycles. The van der Waals surface area contributed by atoms with Crippen LogP contribution >= 0.6 is 15.9 Å². The first-order chi connectivity index (χ1) is 8.40. The van der Waals surface area contributed by atoms with Crippen LogP contribution in [0.3, 0.4) is 0 Å². The van der Waals surface area contributed by atoms with Crippen LogP contribution in [0.1, 0.15) is 0 Å². The lowest BCUT2D eigenvalue weighted by molar-refractivity contribution is 0.134. The van der Waals surface area contributed by atoms with E-state index in [1.54, 1.807) is 5.01 Å². The van der Waals surface area contributed by atoms with E-state index in [4.69, 9.17) is 0 Å². The zero-order chi connectivity index (χ0) is 13.3. The van der Waals surface area contributed by atoms with Crippen molar-refractivity contribution in [1.29, 1.82) is 0 Å². The van der Waals surface area contributed by atoms with Gasteiger partial charge in [0.2, 0.25) is 5.03 Å². The highest BCUT2D eigenvalue weighted by Gasteiger charge is 2.27. The fraction of sp³-hybridized carbons (Fsp3) is 0.750. The molecule has 0 spiro atoms. The van der Waals surface area contributed by atoms with Crippen molar-refractivity contribution in [2.75, 3.05) is 33.2 Å². The van der Waals surface area contributed by atoms with E-state index in [2.05, 4.69) is 36.0 Å². The van der Waals surface area contributed by atoms with E-state index >= 15 is 0 Å². The maximum atomic E-state index is 12.2. The third-order valence-electron chi connectivity index (χ3n) is 2.74. The standard InChI is InChI=1S/C8H15BrN6O2S/c1-13-3-5-15(6-4-13)12-18(16,17)8-7(9)10-11-14(8)2/h12H,3-6H2,1-2H3. The first-order valence-corrected chi connectivity index (χ1v) is 7.69. The molecule has 10 heteroatoms. The third kappa shape index (κ3) is 2.88. The molecule has 0 atom stereocenters. The molecule has 0 bridgehead atoms. The zero-order valence-corrected chi connectivity index (χ0v) is 12.6. The molecule has 1 aliphatic rings. The maximum Gasteiger partial charge on any atom is 0.273 e. The number of hydrogen-bond donors (Lipinski definition) is 1. The molecule has 1 aliphatic heterocycles. The molecule has 102 valence electrons. The van der Waals surface area contributed by atoms with E-state index < -0.39 is 10.0 Å². The molecular weight excluding hydrogens is 324 g/mol. The minimum atomic E-state index is -3.65. The molecule has 2 heterocycles. The quantitative estimate of drug-likeness (QED) is 0.762. The fourth-order valence-electron chi connectivity index (χ4n) is 1.72. The summed E-state index contributed by atoms with van der Waals surface area (Å²) in [6.07, 6.45) is 0. The molecule has 0 radical (unpaired) electrons. The van der Waals surface area contributed by atoms with Crippen molar-refractivity contribution in [3.63, 3.8) is 0 Å². The van der Waals surface area contributed by atoms with Gasteiger partial charge in [0.15, 0.2) is 4.60 Å². The van der Waals surface area contributed by atoms with Gasteiger partial charge in [0, 0.05) is 33.2 Å². The highest BCUT2D eigenvalue weighted by Crippen LogP contribution is 2.17. The van der Waals surface area contributed by atoms with Gasteiger partial charge in [-0.25, -0.2) is 18.1 Å². The number of hydrazine groups is 1. The molecule has 0 aromatic carbocycles. The molecule has 1 fully saturated rings. The summed E-state index contributed by atoms with van der Waals surface area (Å²) in [5.41, 5.74) is 0. The maximum absolute atomic E-state index is 12.2. The average Bonchev–Trinajstić information content (AvgIpc) is 2.62. The first kappa shape index (κ1) is 13.9. The Hall–Kier alpha value is -0.550. The normalized spacial score (nSPS) is 19.3. The van der Waals surface area contributed by atoms with Gasteiger partial charge < -0.3 is 4.90 Å². The molecule has 1 aromatic rings. The van der Waals surface area contributed by atoms with Crippen molar-refractivity contribution in [3.8, 4) is 0 Å². The van der Waals surface area contributed by atoms with E-state index in [9.17, 15) is 8.42 Å². The second kappa shape index (κ2) is 5.21. The number of likely N-dealkylation sites (N-methyl/N-ethyl adjacent to an activating group) is 1. The average molecular weight is 339 g/mol. The summed E-state index contributed by atoms with van der Waals surface area (Å²) >= 11 is 3.09. The van der Waals surface area contributed by atoms with Gasteiger partial charge in [-0.3, -0.25) is 0 Å². The van der Waals surface area contributed by atoms with Gasteiger partial charge in [-0.2, -0.15) is 0 Å². The zero-order valence-electron chi connectivity index (χ0n) is 10.2. The van der Waals surface area contributed by atoms with E-state index in [0.717, 1.165) is 13.1 Å². The Labute approximate surface area is 114 Å². The summed E-state index contributed by atoms with van der Waals surface area (Å²) in [5.74, 6) is 0. The van der Waals surface area contributed by atoms with E-state index in [1.807, 2.05) is 7.05 Å². The third-order valence-corrected chi connectivity index (χ3v) is 5.01. The number of aryl methyl sites for hydroxylation is 1. The predicted octanol–water partition coefficient (Wildman–Crippen LogP) is -0.982. The van der Waals surface area contributed by atoms with Gasteiger partial charge in [-0.05, 0) is 23.0 Å². The van der Waals surface area contributed by atoms with Gasteiger partial charge >= 0.3 is 0 Å². The minimum absolute atomic E-state index is 0.0291. The molecule has 2 rings (SSSR count). The number of nitrogens with zero attached hydrogens (tertiary/aromatic N) is 5. The van der Waals surface area contributed by atoms with Crippen molar-refractivity contribution in [3.05, 3.63) is 4.60 Å². The number of sulfonamides is 1. The summed E-state index contributed by atoms with van der Waals surface area (Å²) in [6, 6.07) is 0. The number of aromatic nitrogens is 3. The van der Waals surface area contributed by atoms with E-state index in [-0.39, 0.29) is 9.63 Å². The van der Waals surface area contributed by atoms with Gasteiger partial charge in [-0.15, -0.1) is 9.93 Å². The van der Waals surface area contributed by atoms with Crippen LogP contribution in [-0.2, 0) is 17.1 Å². The Bertz CT molecular complexity index is 502. The number of piperazine rings is 1. The monoisotopic (exact) mass is 338 g/mol. The van der Waals surface area contributed by atoms with Crippen molar-refractivity contribution in [1.82, 2.24) is 29.7 Å². The molecule has 0 unspecified atom stereocenters. The SMILES string of the molecule is CN1CCN(NS(=O)(=O)c2c(Br)nnn2C)CC1. The van der Waals surface area contributed by atoms with Crippen LogP contribution in [0.2, 0.25) is 0 Å². The van der Waals surface area contributed by atoms with Crippen LogP contribution < -0.4 is 4.83 Å². The second-order valence-electron chi connectivity index (χ2n) is 4.19. The predicted molar refractivity (Wildman–Crippen MR) is 68.1 cm³/mol. The lowest BCUT2D eigenvalue weighted by Gasteiger charge is -2.31. The summed E-state index contributed by atoms with van der Waals surface area (Å²) in [5, 5.41) is 9.05. The van der Waals surface area contributed by atoms with Crippen LogP contribution in [0, 0.1) is 0 Å². The van der Waals surface area contributed by atoms with Crippen molar-refractivity contribution in [2.45, 2.75) is 5.03 Å². The Morgan fingerprint density at radius 1 is 1.22 bits per heavy atom. The minimum Gasteiger partial charge on any atom is -0.304 e. The lowest BCUT2D eigenvalue weighted by Crippen LogP contribution is -2.52. The first-order valence-electron chi connectivity index (χ1n) is 5.41. The molecule has 1 saturated heterocycles. The van der Waals surface area contributed by atoms with Gasteiger partial charge in [0.25, 0.3) is 10.0 Å². The van der Waals surface area contributed by atoms with Crippen molar-refractivity contribution in [2.24, 2.45) is 7.05 Å². The Morgan fingerprint density at radius 2 is 1.83 bits per heavy atom. The van der Waals surface area contributed by atoms with E-state index in [0.29, 0.717) is 13.1 Å². The molecule has 1 N–H and O–H groups in total. The Morgan fingerprint density at radius 3 is 2.33 bits per heavy atom. The summed E-state index contributed by atoms with van der Waals surface area (Å²) < 4.78 is 25.8. The van der Waals surface area contributed by atoms with Gasteiger partial charge in [-0.1, -0.05) is 5.21 Å². The highest BCUT2D eigenvalue weighted by molar-refractivity contribution is 9.10. The number of rotatable bonds is 3. The van der Waals surface area contributed by atoms with Crippen molar-refractivity contribution >= 4 is 26.0 Å². The molecule has 18 heavy (non-hydrogen) atoms. The number of hydrogen-bond acceptors (Lipinski definition) is 6. The summed E-state index contributed by atoms with van der Waals surface area (Å²) in [4.78, 5) is 4.69. The summed E-state index contributed by atoms with van der Waals surface area (Å²) in [7, 11) is -0.101. The fourth-order valence-corrected chi connectivity index (χ4v) is 3.94. The molecule has 0 amide bonds. The second-order valence-corrected chi connectivity index (χ2v) is 6.52. The molecule has 0 aliphatic carbocycles. The largest absolute Gasteiger partial charge is 0.304 e.